The Bertz CT molecular complexity index is 1050. The summed E-state index contributed by atoms with van der Waals surface area (Å²) in [6, 6.07) is 17.7. The van der Waals surface area contributed by atoms with Crippen molar-refractivity contribution in [2.75, 3.05) is 0 Å². The van der Waals surface area contributed by atoms with E-state index in [1.807, 2.05) is 0 Å². The highest BCUT2D eigenvalue weighted by Gasteiger charge is 2.34. The van der Waals surface area contributed by atoms with Gasteiger partial charge in [0.25, 0.3) is 11.0 Å². The van der Waals surface area contributed by atoms with Crippen LogP contribution in [-0.4, -0.2) is 0 Å². The predicted molar refractivity (Wildman–Crippen MR) is 109 cm³/mol. The molecule has 0 N–H and O–H groups in total. The maximum Gasteiger partial charge on any atom is 0.286 e. The lowest BCUT2D eigenvalue weighted by Gasteiger charge is -2.19. The van der Waals surface area contributed by atoms with Gasteiger partial charge < -0.3 is 0 Å². The van der Waals surface area contributed by atoms with E-state index in [1.54, 1.807) is 0 Å². The zero-order chi connectivity index (χ0) is 18.7. The number of hydrogen-bond donors (Lipinski definition) is 0. The molecule has 0 radical (unpaired) electrons. The first-order valence-electron chi connectivity index (χ1n) is 9.40. The minimum atomic E-state index is 0.000449. The molecule has 4 rings (SSSR count). The van der Waals surface area contributed by atoms with Crippen molar-refractivity contribution in [3.05, 3.63) is 60.9 Å². The van der Waals surface area contributed by atoms with E-state index in [9.17, 15) is 0 Å². The number of pyridine rings is 2. The fourth-order valence-electron chi connectivity index (χ4n) is 4.01. The number of fused-ring (bicyclic) bond motifs is 6. The van der Waals surface area contributed by atoms with Gasteiger partial charge >= 0.3 is 0 Å². The quantitative estimate of drug-likeness (QED) is 0.305. The minimum absolute atomic E-state index is 0.000449. The summed E-state index contributed by atoms with van der Waals surface area (Å²) in [4.78, 5) is 0. The molecule has 0 fully saturated rings. The molecule has 2 heteroatoms. The monoisotopic (exact) mass is 344 g/mol. The Kier molecular flexibility index (Phi) is 3.59. The van der Waals surface area contributed by atoms with Crippen molar-refractivity contribution in [3.63, 3.8) is 0 Å². The molecule has 26 heavy (non-hydrogen) atoms. The van der Waals surface area contributed by atoms with E-state index in [0.29, 0.717) is 0 Å². The first kappa shape index (κ1) is 17.0. The lowest BCUT2D eigenvalue weighted by atomic mass is 9.96. The van der Waals surface area contributed by atoms with Gasteiger partial charge in [-0.15, -0.1) is 0 Å². The molecule has 0 aliphatic rings. The largest absolute Gasteiger partial charge is 0.286 e. The summed E-state index contributed by atoms with van der Waals surface area (Å²) in [5, 5.41) is 5.27. The summed E-state index contributed by atoms with van der Waals surface area (Å²) in [7, 11) is 0. The molecule has 0 spiro atoms. The predicted octanol–water partition coefficient (Wildman–Crippen LogP) is 5.23. The maximum absolute atomic E-state index is 2.43. The van der Waals surface area contributed by atoms with Crippen LogP contribution in [0.15, 0.2) is 60.9 Å². The topological polar surface area (TPSA) is 7.76 Å². The molecule has 0 saturated carbocycles. The van der Waals surface area contributed by atoms with Gasteiger partial charge in [-0.3, -0.25) is 0 Å². The number of hydrogen-bond acceptors (Lipinski definition) is 0. The van der Waals surface area contributed by atoms with Crippen molar-refractivity contribution in [2.45, 2.75) is 52.6 Å². The lowest BCUT2D eigenvalue weighted by Crippen LogP contribution is -2.54. The van der Waals surface area contributed by atoms with Crippen LogP contribution in [0, 0.1) is 0 Å². The molecule has 0 amide bonds. The van der Waals surface area contributed by atoms with Crippen LogP contribution in [-0.2, 0) is 11.1 Å². The molecule has 2 aromatic carbocycles. The van der Waals surface area contributed by atoms with Gasteiger partial charge in [0, 0.05) is 53.7 Å². The zero-order valence-corrected chi connectivity index (χ0v) is 16.7. The van der Waals surface area contributed by atoms with E-state index in [-0.39, 0.29) is 11.1 Å². The maximum atomic E-state index is 2.43. The zero-order valence-electron chi connectivity index (χ0n) is 16.7. The Hall–Kier alpha value is -2.48. The van der Waals surface area contributed by atoms with Crippen molar-refractivity contribution >= 4 is 32.6 Å². The summed E-state index contributed by atoms with van der Waals surface area (Å²) >= 11 is 0. The molecule has 4 aromatic rings. The van der Waals surface area contributed by atoms with Crippen molar-refractivity contribution in [1.29, 1.82) is 0 Å². The van der Waals surface area contributed by atoms with Gasteiger partial charge in [0.15, 0.2) is 23.5 Å². The molecule has 0 aliphatic carbocycles. The first-order chi connectivity index (χ1) is 12.2. The smallest absolute Gasteiger partial charge is 0.188 e. The third-order valence-corrected chi connectivity index (χ3v) is 5.17. The van der Waals surface area contributed by atoms with Crippen LogP contribution >= 0.6 is 0 Å². The highest BCUT2D eigenvalue weighted by molar-refractivity contribution is 6.21. The summed E-state index contributed by atoms with van der Waals surface area (Å²) in [5.41, 5.74) is 2.62. The van der Waals surface area contributed by atoms with Gasteiger partial charge in [-0.25, -0.2) is 0 Å². The van der Waals surface area contributed by atoms with Crippen LogP contribution in [0.1, 0.15) is 41.5 Å². The molecule has 2 aromatic heterocycles. The molecule has 0 unspecified atom stereocenters. The molecule has 0 atom stereocenters. The Morgan fingerprint density at radius 2 is 0.846 bits per heavy atom. The van der Waals surface area contributed by atoms with Crippen LogP contribution in [0.5, 0.6) is 0 Å². The third-order valence-electron chi connectivity index (χ3n) is 5.17. The fourth-order valence-corrected chi connectivity index (χ4v) is 4.01. The van der Waals surface area contributed by atoms with Gasteiger partial charge in [0.2, 0.25) is 0 Å². The van der Waals surface area contributed by atoms with E-state index >= 15 is 0 Å². The van der Waals surface area contributed by atoms with Gasteiger partial charge in [-0.2, -0.15) is 9.13 Å². The first-order valence-corrected chi connectivity index (χ1v) is 9.40. The Labute approximate surface area is 155 Å². The van der Waals surface area contributed by atoms with Crippen molar-refractivity contribution in [3.8, 4) is 0 Å². The molecule has 132 valence electrons. The Balaban J connectivity index is 2.42. The standard InChI is InChI=1S/C24H28N2/c1-23(2,3)25-15-9-13-19-17-11-7-8-12-18(17)20-14-10-16-26(24(4,5)6)22(20)21(19)25/h7-16H,1-6H3/q+2. The van der Waals surface area contributed by atoms with Crippen LogP contribution in [0.3, 0.4) is 0 Å². The van der Waals surface area contributed by atoms with Crippen LogP contribution < -0.4 is 9.13 Å². The highest BCUT2D eigenvalue weighted by atomic mass is 15.1. The number of nitrogens with zero attached hydrogens (tertiary/aromatic N) is 2. The van der Waals surface area contributed by atoms with E-state index in [4.69, 9.17) is 0 Å². The number of benzene rings is 2. The second-order valence-corrected chi connectivity index (χ2v) is 9.17. The molecule has 0 saturated heterocycles. The van der Waals surface area contributed by atoms with E-state index < -0.39 is 0 Å². The number of rotatable bonds is 0. The molecule has 2 nitrogen and oxygen atoms in total. The second-order valence-electron chi connectivity index (χ2n) is 9.17. The van der Waals surface area contributed by atoms with Gasteiger partial charge in [-0.05, 0) is 22.9 Å². The van der Waals surface area contributed by atoms with Gasteiger partial charge in [0.1, 0.15) is 0 Å². The Morgan fingerprint density at radius 1 is 0.500 bits per heavy atom. The third kappa shape index (κ3) is 2.47. The average Bonchev–Trinajstić information content (AvgIpc) is 2.59. The van der Waals surface area contributed by atoms with Crippen LogP contribution in [0.25, 0.3) is 32.6 Å². The SMILES string of the molecule is CC(C)(C)[n+]1cccc2c3ccccc3c3ccc[n+](C(C)(C)C)c3c21. The van der Waals surface area contributed by atoms with Crippen molar-refractivity contribution in [2.24, 2.45) is 0 Å². The van der Waals surface area contributed by atoms with E-state index in [1.165, 1.54) is 32.6 Å². The van der Waals surface area contributed by atoms with Crippen molar-refractivity contribution in [1.82, 2.24) is 0 Å². The summed E-state index contributed by atoms with van der Waals surface area (Å²) in [5.74, 6) is 0. The summed E-state index contributed by atoms with van der Waals surface area (Å²) < 4.78 is 4.86. The molecular formula is C24H28N2+2. The summed E-state index contributed by atoms with van der Waals surface area (Å²) in [6.07, 6.45) is 4.44. The van der Waals surface area contributed by atoms with E-state index in [0.717, 1.165) is 0 Å². The average molecular weight is 345 g/mol. The molecule has 0 aliphatic heterocycles. The van der Waals surface area contributed by atoms with Crippen molar-refractivity contribution < 1.29 is 9.13 Å². The van der Waals surface area contributed by atoms with Gasteiger partial charge in [-0.1, -0.05) is 24.3 Å². The molecular weight excluding hydrogens is 316 g/mol. The number of aromatic nitrogens is 2. The molecule has 0 bridgehead atoms. The van der Waals surface area contributed by atoms with Crippen LogP contribution in [0.2, 0.25) is 0 Å². The Morgan fingerprint density at radius 3 is 1.19 bits per heavy atom. The van der Waals surface area contributed by atoms with Crippen LogP contribution in [0.4, 0.5) is 0 Å². The second kappa shape index (κ2) is 5.51. The fraction of sp³-hybridized carbons (Fsp3) is 0.333. The van der Waals surface area contributed by atoms with Gasteiger partial charge in [0.05, 0.1) is 10.8 Å². The summed E-state index contributed by atoms with van der Waals surface area (Å²) in [6.45, 7) is 13.7. The minimum Gasteiger partial charge on any atom is -0.188 e. The van der Waals surface area contributed by atoms with E-state index in [2.05, 4.69) is 112 Å². The molecule has 2 heterocycles. The normalized spacial score (nSPS) is 13.0. The highest BCUT2D eigenvalue weighted by Crippen LogP contribution is 2.33. The lowest BCUT2D eigenvalue weighted by molar-refractivity contribution is -0.747.